The standard InChI is InChI=1S/C20H30N2O2.ClH/c1-24-19-10-6-5-9-17(19)18-15-21-13-14-22(18)20(23)12-11-16-7-3-2-4-8-16;/h5-6,9-10,16,18,21H,2-4,7-8,11-15H2,1H3;1H. The molecule has 0 spiro atoms. The van der Waals surface area contributed by atoms with Gasteiger partial charge in [-0.1, -0.05) is 50.3 Å². The molecule has 0 radical (unpaired) electrons. The van der Waals surface area contributed by atoms with Crippen molar-refractivity contribution < 1.29 is 9.53 Å². The van der Waals surface area contributed by atoms with Crippen LogP contribution in [0.1, 0.15) is 56.6 Å². The summed E-state index contributed by atoms with van der Waals surface area (Å²) in [5, 5.41) is 3.43. The maximum Gasteiger partial charge on any atom is 0.223 e. The first-order valence-electron chi connectivity index (χ1n) is 9.42. The van der Waals surface area contributed by atoms with Crippen LogP contribution in [-0.2, 0) is 4.79 Å². The normalized spacial score (nSPS) is 21.5. The molecule has 1 amide bonds. The van der Waals surface area contributed by atoms with Crippen LogP contribution in [0.4, 0.5) is 0 Å². The van der Waals surface area contributed by atoms with Crippen molar-refractivity contribution in [1.82, 2.24) is 10.2 Å². The third kappa shape index (κ3) is 5.11. The fraction of sp³-hybridized carbons (Fsp3) is 0.650. The molecule has 140 valence electrons. The van der Waals surface area contributed by atoms with E-state index in [1.165, 1.54) is 32.1 Å². The molecule has 2 aliphatic rings. The molecule has 1 unspecified atom stereocenters. The Morgan fingerprint density at radius 1 is 1.24 bits per heavy atom. The number of carbonyl (C=O) groups is 1. The van der Waals surface area contributed by atoms with Gasteiger partial charge in [0.15, 0.2) is 0 Å². The van der Waals surface area contributed by atoms with Crippen molar-refractivity contribution in [2.45, 2.75) is 51.0 Å². The zero-order chi connectivity index (χ0) is 16.8. The number of ether oxygens (including phenoxy) is 1. The van der Waals surface area contributed by atoms with Crippen LogP contribution in [-0.4, -0.2) is 37.6 Å². The van der Waals surface area contributed by atoms with Gasteiger partial charge in [-0.05, 0) is 18.4 Å². The summed E-state index contributed by atoms with van der Waals surface area (Å²) < 4.78 is 5.52. The minimum atomic E-state index is 0. The van der Waals surface area contributed by atoms with Crippen molar-refractivity contribution in [3.05, 3.63) is 29.8 Å². The molecule has 1 aromatic carbocycles. The molecule has 1 aliphatic carbocycles. The Bertz CT molecular complexity index is 546. The largest absolute Gasteiger partial charge is 0.496 e. The number of amides is 1. The maximum atomic E-state index is 12.9. The van der Waals surface area contributed by atoms with Gasteiger partial charge in [0.25, 0.3) is 0 Å². The Balaban J connectivity index is 0.00000225. The zero-order valence-corrected chi connectivity index (χ0v) is 16.0. The minimum Gasteiger partial charge on any atom is -0.496 e. The minimum absolute atomic E-state index is 0. The van der Waals surface area contributed by atoms with Gasteiger partial charge in [-0.15, -0.1) is 12.4 Å². The highest BCUT2D eigenvalue weighted by atomic mass is 35.5. The molecule has 0 bridgehead atoms. The summed E-state index contributed by atoms with van der Waals surface area (Å²) in [6.45, 7) is 2.46. The van der Waals surface area contributed by atoms with Gasteiger partial charge in [-0.25, -0.2) is 0 Å². The van der Waals surface area contributed by atoms with E-state index in [0.29, 0.717) is 12.3 Å². The summed E-state index contributed by atoms with van der Waals surface area (Å²) in [5.41, 5.74) is 1.11. The Hall–Kier alpha value is -1.26. The van der Waals surface area contributed by atoms with E-state index in [1.54, 1.807) is 7.11 Å². The molecular weight excluding hydrogens is 336 g/mol. The third-order valence-electron chi connectivity index (χ3n) is 5.55. The predicted molar refractivity (Wildman–Crippen MR) is 103 cm³/mol. The molecule has 1 heterocycles. The first-order chi connectivity index (χ1) is 11.8. The number of hydrogen-bond acceptors (Lipinski definition) is 3. The topological polar surface area (TPSA) is 41.6 Å². The van der Waals surface area contributed by atoms with Crippen molar-refractivity contribution in [3.8, 4) is 5.75 Å². The number of halogens is 1. The van der Waals surface area contributed by atoms with Crippen molar-refractivity contribution >= 4 is 18.3 Å². The van der Waals surface area contributed by atoms with Crippen LogP contribution in [0.5, 0.6) is 5.75 Å². The highest BCUT2D eigenvalue weighted by Crippen LogP contribution is 2.32. The number of rotatable bonds is 5. The van der Waals surface area contributed by atoms with Crippen molar-refractivity contribution in [1.29, 1.82) is 0 Å². The van der Waals surface area contributed by atoms with Crippen molar-refractivity contribution in [3.63, 3.8) is 0 Å². The summed E-state index contributed by atoms with van der Waals surface area (Å²) in [5.74, 6) is 1.93. The predicted octanol–water partition coefficient (Wildman–Crippen LogP) is 3.95. The lowest BCUT2D eigenvalue weighted by Crippen LogP contribution is -2.48. The summed E-state index contributed by atoms with van der Waals surface area (Å²) in [6.07, 6.45) is 8.43. The lowest BCUT2D eigenvalue weighted by molar-refractivity contribution is -0.135. The molecular formula is C20H31ClN2O2. The number of para-hydroxylation sites is 1. The Morgan fingerprint density at radius 3 is 2.76 bits per heavy atom. The van der Waals surface area contributed by atoms with Gasteiger partial charge in [0.1, 0.15) is 5.75 Å². The van der Waals surface area contributed by atoms with Gasteiger partial charge in [0.2, 0.25) is 5.91 Å². The average molecular weight is 367 g/mol. The van der Waals surface area contributed by atoms with Gasteiger partial charge in [0.05, 0.1) is 13.2 Å². The van der Waals surface area contributed by atoms with E-state index in [1.807, 2.05) is 18.2 Å². The van der Waals surface area contributed by atoms with Crippen LogP contribution in [0, 0.1) is 5.92 Å². The number of benzene rings is 1. The van der Waals surface area contributed by atoms with Crippen LogP contribution in [0.2, 0.25) is 0 Å². The van der Waals surface area contributed by atoms with Crippen LogP contribution < -0.4 is 10.1 Å². The number of nitrogens with zero attached hydrogens (tertiary/aromatic N) is 1. The number of methoxy groups -OCH3 is 1. The third-order valence-corrected chi connectivity index (χ3v) is 5.55. The molecule has 3 rings (SSSR count). The first kappa shape index (κ1) is 20.1. The van der Waals surface area contributed by atoms with Gasteiger partial charge >= 0.3 is 0 Å². The number of hydrogen-bond donors (Lipinski definition) is 1. The van der Waals surface area contributed by atoms with E-state index in [4.69, 9.17) is 4.74 Å². The van der Waals surface area contributed by atoms with Gasteiger partial charge in [-0.2, -0.15) is 0 Å². The lowest BCUT2D eigenvalue weighted by atomic mass is 9.86. The molecule has 1 aromatic rings. The van der Waals surface area contributed by atoms with E-state index in [0.717, 1.165) is 43.3 Å². The summed E-state index contributed by atoms with van der Waals surface area (Å²) in [6, 6.07) is 8.14. The molecule has 0 aromatic heterocycles. The van der Waals surface area contributed by atoms with E-state index in [-0.39, 0.29) is 18.4 Å². The average Bonchev–Trinajstić information content (AvgIpc) is 2.67. The number of piperazine rings is 1. The van der Waals surface area contributed by atoms with Crippen LogP contribution >= 0.6 is 12.4 Å². The zero-order valence-electron chi connectivity index (χ0n) is 15.2. The van der Waals surface area contributed by atoms with Crippen LogP contribution in [0.15, 0.2) is 24.3 Å². The molecule has 1 aliphatic heterocycles. The van der Waals surface area contributed by atoms with Gasteiger partial charge < -0.3 is 15.0 Å². The van der Waals surface area contributed by atoms with Gasteiger partial charge in [0, 0.05) is 31.6 Å². The Labute approximate surface area is 157 Å². The van der Waals surface area contributed by atoms with E-state index < -0.39 is 0 Å². The smallest absolute Gasteiger partial charge is 0.223 e. The Morgan fingerprint density at radius 2 is 2.00 bits per heavy atom. The second-order valence-corrected chi connectivity index (χ2v) is 7.09. The number of nitrogens with one attached hydrogen (secondary N) is 1. The highest BCUT2D eigenvalue weighted by molar-refractivity contribution is 5.85. The fourth-order valence-corrected chi connectivity index (χ4v) is 4.17. The van der Waals surface area contributed by atoms with E-state index in [9.17, 15) is 4.79 Å². The highest BCUT2D eigenvalue weighted by Gasteiger charge is 2.29. The monoisotopic (exact) mass is 366 g/mol. The van der Waals surface area contributed by atoms with E-state index >= 15 is 0 Å². The molecule has 5 heteroatoms. The molecule has 1 saturated carbocycles. The Kier molecular flexibility index (Phi) is 8.04. The van der Waals surface area contributed by atoms with E-state index in [2.05, 4.69) is 16.3 Å². The van der Waals surface area contributed by atoms with Crippen LogP contribution in [0.3, 0.4) is 0 Å². The molecule has 1 atom stereocenters. The molecule has 2 fully saturated rings. The molecule has 1 saturated heterocycles. The maximum absolute atomic E-state index is 12.9. The number of carbonyl (C=O) groups excluding carboxylic acids is 1. The SMILES string of the molecule is COc1ccccc1C1CNCCN1C(=O)CCC1CCCCC1.Cl. The summed E-state index contributed by atoms with van der Waals surface area (Å²) in [4.78, 5) is 14.9. The second-order valence-electron chi connectivity index (χ2n) is 7.09. The summed E-state index contributed by atoms with van der Waals surface area (Å²) >= 11 is 0. The van der Waals surface area contributed by atoms with Gasteiger partial charge in [-0.3, -0.25) is 4.79 Å². The quantitative estimate of drug-likeness (QED) is 0.857. The molecule has 4 nitrogen and oxygen atoms in total. The second kappa shape index (κ2) is 10.0. The fourth-order valence-electron chi connectivity index (χ4n) is 4.17. The first-order valence-corrected chi connectivity index (χ1v) is 9.42. The summed E-state index contributed by atoms with van der Waals surface area (Å²) in [7, 11) is 1.70. The lowest BCUT2D eigenvalue weighted by Gasteiger charge is -2.37. The van der Waals surface area contributed by atoms with Crippen LogP contribution in [0.25, 0.3) is 0 Å². The molecule has 1 N–H and O–H groups in total. The van der Waals surface area contributed by atoms with Crippen molar-refractivity contribution in [2.75, 3.05) is 26.7 Å². The van der Waals surface area contributed by atoms with Crippen molar-refractivity contribution in [2.24, 2.45) is 5.92 Å². The molecule has 25 heavy (non-hydrogen) atoms.